The molecule has 0 spiro atoms. The Labute approximate surface area is 145 Å². The fraction of sp³-hybridized carbons (Fsp3) is 0.500. The maximum atomic E-state index is 12.1. The highest BCUT2D eigenvalue weighted by Crippen LogP contribution is 2.14. The van der Waals surface area contributed by atoms with Crippen molar-refractivity contribution in [3.05, 3.63) is 41.6 Å². The number of sulfonamides is 2. The highest BCUT2D eigenvalue weighted by atomic mass is 32.2. The van der Waals surface area contributed by atoms with Crippen LogP contribution < -0.4 is 9.44 Å². The Kier molecular flexibility index (Phi) is 7.44. The minimum absolute atomic E-state index is 0.245. The molecule has 1 aromatic rings. The summed E-state index contributed by atoms with van der Waals surface area (Å²) in [6.45, 7) is 6.13. The van der Waals surface area contributed by atoms with E-state index in [-0.39, 0.29) is 10.8 Å². The lowest BCUT2D eigenvalue weighted by Crippen LogP contribution is -2.27. The van der Waals surface area contributed by atoms with Crippen molar-refractivity contribution in [3.63, 3.8) is 0 Å². The Morgan fingerprint density at radius 3 is 2.21 bits per heavy atom. The second-order valence-electron chi connectivity index (χ2n) is 6.27. The summed E-state index contributed by atoms with van der Waals surface area (Å²) < 4.78 is 51.2. The van der Waals surface area contributed by atoms with E-state index in [1.807, 2.05) is 20.8 Å². The summed E-state index contributed by atoms with van der Waals surface area (Å²) in [5, 5.41) is 0. The largest absolute Gasteiger partial charge is 0.291 e. The number of rotatable bonds is 9. The Hall–Kier alpha value is -1.38. The zero-order chi connectivity index (χ0) is 18.4. The third-order valence-corrected chi connectivity index (χ3v) is 5.23. The molecule has 1 rings (SSSR count). The van der Waals surface area contributed by atoms with Crippen LogP contribution in [-0.2, 0) is 26.5 Å². The molecule has 0 aliphatic rings. The molecule has 0 radical (unpaired) electrons. The molecule has 2 N–H and O–H groups in total. The number of aryl methyl sites for hydroxylation is 1. The van der Waals surface area contributed by atoms with Crippen molar-refractivity contribution in [1.82, 2.24) is 9.44 Å². The second-order valence-corrected chi connectivity index (χ2v) is 9.82. The lowest BCUT2D eigenvalue weighted by atomic mass is 10.1. The topological polar surface area (TPSA) is 92.3 Å². The molecule has 0 amide bonds. The van der Waals surface area contributed by atoms with Crippen LogP contribution in [0.5, 0.6) is 0 Å². The standard InChI is InChI=1S/C16H26N2O4S2/c1-13(2)11-18-24(21,22)16-9-7-15(8-10-16)6-5-14(3)12-17-23(4,19)20/h7-10,12-13,17-18H,5-6,11H2,1-4H3/b14-12+. The molecule has 0 saturated heterocycles. The summed E-state index contributed by atoms with van der Waals surface area (Å²) in [6.07, 6.45) is 3.96. The number of nitrogens with one attached hydrogen (secondary N) is 2. The Morgan fingerprint density at radius 1 is 1.12 bits per heavy atom. The first-order chi connectivity index (χ1) is 11.0. The predicted octanol–water partition coefficient (Wildman–Crippen LogP) is 2.01. The normalized spacial score (nSPS) is 13.3. The molecule has 0 atom stereocenters. The molecule has 0 aliphatic heterocycles. The number of benzene rings is 1. The molecular formula is C16H26N2O4S2. The molecule has 0 saturated carbocycles. The van der Waals surface area contributed by atoms with Gasteiger partial charge in [0.25, 0.3) is 0 Å². The van der Waals surface area contributed by atoms with Crippen molar-refractivity contribution < 1.29 is 16.8 Å². The first-order valence-corrected chi connectivity index (χ1v) is 11.1. The first-order valence-electron chi connectivity index (χ1n) is 7.71. The summed E-state index contributed by atoms with van der Waals surface area (Å²) >= 11 is 0. The van der Waals surface area contributed by atoms with E-state index in [1.54, 1.807) is 24.3 Å². The molecule has 0 unspecified atom stereocenters. The van der Waals surface area contributed by atoms with Gasteiger partial charge in [0.15, 0.2) is 0 Å². The molecule has 136 valence electrons. The fourth-order valence-corrected chi connectivity index (χ4v) is 3.45. The van der Waals surface area contributed by atoms with Gasteiger partial charge in [0.1, 0.15) is 0 Å². The molecule has 6 nitrogen and oxygen atoms in total. The SMILES string of the molecule is C/C(=C\NS(C)(=O)=O)CCc1ccc(S(=O)(=O)NCC(C)C)cc1. The fourth-order valence-electron chi connectivity index (χ4n) is 1.82. The minimum Gasteiger partial charge on any atom is -0.291 e. The predicted molar refractivity (Wildman–Crippen MR) is 96.5 cm³/mol. The summed E-state index contributed by atoms with van der Waals surface area (Å²) in [4.78, 5) is 0.248. The zero-order valence-corrected chi connectivity index (χ0v) is 16.2. The lowest BCUT2D eigenvalue weighted by molar-refractivity contribution is 0.560. The van der Waals surface area contributed by atoms with Crippen LogP contribution in [0.15, 0.2) is 40.9 Å². The third kappa shape index (κ3) is 7.94. The average molecular weight is 375 g/mol. The van der Waals surface area contributed by atoms with E-state index in [4.69, 9.17) is 0 Å². The van der Waals surface area contributed by atoms with Gasteiger partial charge >= 0.3 is 0 Å². The van der Waals surface area contributed by atoms with Crippen LogP contribution in [0.4, 0.5) is 0 Å². The van der Waals surface area contributed by atoms with E-state index in [0.717, 1.165) is 17.4 Å². The molecule has 0 heterocycles. The summed E-state index contributed by atoms with van der Waals surface area (Å²) in [5.74, 6) is 0.245. The van der Waals surface area contributed by atoms with E-state index < -0.39 is 20.0 Å². The van der Waals surface area contributed by atoms with Crippen molar-refractivity contribution >= 4 is 20.0 Å². The highest BCUT2D eigenvalue weighted by molar-refractivity contribution is 7.89. The first kappa shape index (κ1) is 20.7. The highest BCUT2D eigenvalue weighted by Gasteiger charge is 2.13. The molecular weight excluding hydrogens is 348 g/mol. The molecule has 1 aromatic carbocycles. The molecule has 0 fully saturated rings. The maximum Gasteiger partial charge on any atom is 0.240 e. The van der Waals surface area contributed by atoms with E-state index in [1.165, 1.54) is 6.20 Å². The molecule has 0 bridgehead atoms. The van der Waals surface area contributed by atoms with Crippen LogP contribution in [0.2, 0.25) is 0 Å². The zero-order valence-electron chi connectivity index (χ0n) is 14.5. The van der Waals surface area contributed by atoms with E-state index in [9.17, 15) is 16.8 Å². The van der Waals surface area contributed by atoms with Crippen LogP contribution >= 0.6 is 0 Å². The number of hydrogen-bond donors (Lipinski definition) is 2. The van der Waals surface area contributed by atoms with Gasteiger partial charge < -0.3 is 0 Å². The van der Waals surface area contributed by atoms with Gasteiger partial charge in [-0.25, -0.2) is 21.6 Å². The molecule has 8 heteroatoms. The van der Waals surface area contributed by atoms with Gasteiger partial charge in [0.2, 0.25) is 20.0 Å². The van der Waals surface area contributed by atoms with Crippen molar-refractivity contribution in [2.75, 3.05) is 12.8 Å². The third-order valence-electron chi connectivity index (χ3n) is 3.24. The molecule has 0 aliphatic carbocycles. The quantitative estimate of drug-likeness (QED) is 0.691. The van der Waals surface area contributed by atoms with Gasteiger partial charge in [-0.15, -0.1) is 0 Å². The summed E-state index contributed by atoms with van der Waals surface area (Å²) in [6, 6.07) is 6.74. The van der Waals surface area contributed by atoms with Crippen LogP contribution in [0, 0.1) is 5.92 Å². The molecule has 0 aromatic heterocycles. The average Bonchev–Trinajstić information content (AvgIpc) is 2.49. The van der Waals surface area contributed by atoms with Crippen molar-refractivity contribution in [2.24, 2.45) is 5.92 Å². The number of allylic oxidation sites excluding steroid dienone is 1. The van der Waals surface area contributed by atoms with Crippen LogP contribution in [0.3, 0.4) is 0 Å². The van der Waals surface area contributed by atoms with Gasteiger partial charge in [-0.05, 0) is 43.4 Å². The van der Waals surface area contributed by atoms with E-state index in [0.29, 0.717) is 19.4 Å². The van der Waals surface area contributed by atoms with Gasteiger partial charge in [0, 0.05) is 12.7 Å². The maximum absolute atomic E-state index is 12.1. The van der Waals surface area contributed by atoms with E-state index >= 15 is 0 Å². The lowest BCUT2D eigenvalue weighted by Gasteiger charge is -2.09. The smallest absolute Gasteiger partial charge is 0.240 e. The van der Waals surface area contributed by atoms with Gasteiger partial charge in [-0.1, -0.05) is 31.6 Å². The number of hydrogen-bond acceptors (Lipinski definition) is 4. The van der Waals surface area contributed by atoms with Gasteiger partial charge in [-0.2, -0.15) is 0 Å². The second kappa shape index (κ2) is 8.64. The monoisotopic (exact) mass is 374 g/mol. The van der Waals surface area contributed by atoms with E-state index in [2.05, 4.69) is 9.44 Å². The minimum atomic E-state index is -3.47. The van der Waals surface area contributed by atoms with Crippen LogP contribution in [-0.4, -0.2) is 29.6 Å². The van der Waals surface area contributed by atoms with Gasteiger partial charge in [0.05, 0.1) is 11.2 Å². The summed E-state index contributed by atoms with van der Waals surface area (Å²) in [5.41, 5.74) is 1.89. The Balaban J connectivity index is 2.65. The van der Waals surface area contributed by atoms with Crippen molar-refractivity contribution in [3.8, 4) is 0 Å². The Bertz CT molecular complexity index is 765. The molecule has 24 heavy (non-hydrogen) atoms. The van der Waals surface area contributed by atoms with Crippen LogP contribution in [0.1, 0.15) is 32.8 Å². The Morgan fingerprint density at radius 2 is 1.71 bits per heavy atom. The van der Waals surface area contributed by atoms with Crippen LogP contribution in [0.25, 0.3) is 0 Å². The summed E-state index contributed by atoms with van der Waals surface area (Å²) in [7, 11) is -6.70. The van der Waals surface area contributed by atoms with Crippen molar-refractivity contribution in [2.45, 2.75) is 38.5 Å². The van der Waals surface area contributed by atoms with Gasteiger partial charge in [-0.3, -0.25) is 4.72 Å². The van der Waals surface area contributed by atoms with Crippen molar-refractivity contribution in [1.29, 1.82) is 0 Å².